The van der Waals surface area contributed by atoms with E-state index in [0.717, 1.165) is 20.1 Å². The van der Waals surface area contributed by atoms with E-state index in [2.05, 4.69) is 31.9 Å². The van der Waals surface area contributed by atoms with Crippen molar-refractivity contribution in [3.63, 3.8) is 0 Å². The Kier molecular flexibility index (Phi) is 6.08. The monoisotopic (exact) mass is 414 g/mol. The van der Waals surface area contributed by atoms with Crippen LogP contribution in [0.25, 0.3) is 0 Å². The van der Waals surface area contributed by atoms with E-state index in [0.29, 0.717) is 24.7 Å². The summed E-state index contributed by atoms with van der Waals surface area (Å²) in [5.41, 5.74) is 1.83. The van der Waals surface area contributed by atoms with Crippen LogP contribution in [0.15, 0.2) is 45.3 Å². The Morgan fingerprint density at radius 1 is 1.05 bits per heavy atom. The van der Waals surface area contributed by atoms with E-state index < -0.39 is 0 Å². The molecule has 0 heterocycles. The Bertz CT molecular complexity index is 614. The highest BCUT2D eigenvalue weighted by atomic mass is 79.9. The van der Waals surface area contributed by atoms with Gasteiger partial charge in [-0.1, -0.05) is 34.1 Å². The minimum absolute atomic E-state index is 0.0385. The molecule has 2 aromatic carbocycles. The van der Waals surface area contributed by atoms with Gasteiger partial charge in [0.1, 0.15) is 6.61 Å². The zero-order valence-electron chi connectivity index (χ0n) is 11.6. The van der Waals surface area contributed by atoms with Crippen molar-refractivity contribution in [2.24, 2.45) is 0 Å². The summed E-state index contributed by atoms with van der Waals surface area (Å²) in [6.07, 6.45) is 0. The van der Waals surface area contributed by atoms with Crippen molar-refractivity contribution in [2.45, 2.75) is 20.1 Å². The van der Waals surface area contributed by atoms with Gasteiger partial charge in [0.2, 0.25) is 0 Å². The molecule has 2 aromatic rings. The Balaban J connectivity index is 2.24. The lowest BCUT2D eigenvalue weighted by molar-refractivity contribution is 0.262. The third kappa shape index (κ3) is 4.22. The van der Waals surface area contributed by atoms with Crippen LogP contribution in [0.1, 0.15) is 18.1 Å². The molecule has 0 fully saturated rings. The first-order valence-electron chi connectivity index (χ1n) is 6.58. The summed E-state index contributed by atoms with van der Waals surface area (Å²) in [4.78, 5) is 0. The van der Waals surface area contributed by atoms with Gasteiger partial charge in [0.05, 0.1) is 17.7 Å². The van der Waals surface area contributed by atoms with Crippen LogP contribution in [0, 0.1) is 0 Å². The molecule has 0 bridgehead atoms. The standard InChI is InChI=1S/C16H16Br2O3/c1-2-20-15-8-11(9-19)7-14(18)16(15)21-10-12-5-3-4-6-13(12)17/h3-8,19H,2,9-10H2,1H3. The van der Waals surface area contributed by atoms with Crippen LogP contribution in [0.2, 0.25) is 0 Å². The minimum atomic E-state index is -0.0385. The summed E-state index contributed by atoms with van der Waals surface area (Å²) in [6, 6.07) is 11.5. The summed E-state index contributed by atoms with van der Waals surface area (Å²) in [5.74, 6) is 1.27. The first-order valence-corrected chi connectivity index (χ1v) is 8.16. The van der Waals surface area contributed by atoms with E-state index in [9.17, 15) is 5.11 Å². The van der Waals surface area contributed by atoms with Gasteiger partial charge in [-0.3, -0.25) is 0 Å². The maximum atomic E-state index is 9.27. The van der Waals surface area contributed by atoms with Gasteiger partial charge >= 0.3 is 0 Å². The van der Waals surface area contributed by atoms with Crippen molar-refractivity contribution in [1.82, 2.24) is 0 Å². The lowest BCUT2D eigenvalue weighted by Gasteiger charge is -2.15. The van der Waals surface area contributed by atoms with Crippen molar-refractivity contribution < 1.29 is 14.6 Å². The predicted octanol–water partition coefficient (Wildman–Crippen LogP) is 4.68. The lowest BCUT2D eigenvalue weighted by Crippen LogP contribution is -2.02. The van der Waals surface area contributed by atoms with E-state index in [4.69, 9.17) is 9.47 Å². The normalized spacial score (nSPS) is 10.5. The number of hydrogen-bond donors (Lipinski definition) is 1. The first-order chi connectivity index (χ1) is 10.2. The molecule has 1 N–H and O–H groups in total. The molecule has 0 unspecified atom stereocenters. The Hall–Kier alpha value is -1.04. The number of ether oxygens (including phenoxy) is 2. The second kappa shape index (κ2) is 7.82. The molecule has 0 aliphatic rings. The summed E-state index contributed by atoms with van der Waals surface area (Å²) < 4.78 is 13.3. The maximum Gasteiger partial charge on any atom is 0.175 e. The summed E-state index contributed by atoms with van der Waals surface area (Å²) in [6.45, 7) is 2.84. The Labute approximate surface area is 141 Å². The molecule has 112 valence electrons. The molecule has 2 rings (SSSR count). The fraction of sp³-hybridized carbons (Fsp3) is 0.250. The van der Waals surface area contributed by atoms with E-state index >= 15 is 0 Å². The second-order valence-electron chi connectivity index (χ2n) is 4.38. The largest absolute Gasteiger partial charge is 0.490 e. The number of halogens is 2. The third-order valence-electron chi connectivity index (χ3n) is 2.88. The highest BCUT2D eigenvalue weighted by Crippen LogP contribution is 2.37. The summed E-state index contributed by atoms with van der Waals surface area (Å²) in [5, 5.41) is 9.27. The summed E-state index contributed by atoms with van der Waals surface area (Å²) in [7, 11) is 0. The fourth-order valence-electron chi connectivity index (χ4n) is 1.88. The van der Waals surface area contributed by atoms with E-state index in [1.165, 1.54) is 0 Å². The van der Waals surface area contributed by atoms with E-state index in [-0.39, 0.29) is 6.61 Å². The highest BCUT2D eigenvalue weighted by molar-refractivity contribution is 9.10. The van der Waals surface area contributed by atoms with Crippen molar-refractivity contribution in [3.8, 4) is 11.5 Å². The fourth-order valence-corrected chi connectivity index (χ4v) is 2.88. The van der Waals surface area contributed by atoms with Crippen LogP contribution in [-0.4, -0.2) is 11.7 Å². The number of rotatable bonds is 6. The quantitative estimate of drug-likeness (QED) is 0.744. The van der Waals surface area contributed by atoms with Gasteiger partial charge in [0.25, 0.3) is 0 Å². The van der Waals surface area contributed by atoms with E-state index in [1.54, 1.807) is 6.07 Å². The van der Waals surface area contributed by atoms with Crippen LogP contribution in [-0.2, 0) is 13.2 Å². The van der Waals surface area contributed by atoms with Gasteiger partial charge in [-0.05, 0) is 46.6 Å². The highest BCUT2D eigenvalue weighted by Gasteiger charge is 2.13. The van der Waals surface area contributed by atoms with Gasteiger partial charge in [-0.25, -0.2) is 0 Å². The second-order valence-corrected chi connectivity index (χ2v) is 6.08. The number of benzene rings is 2. The molecule has 0 atom stereocenters. The average molecular weight is 416 g/mol. The molecule has 3 nitrogen and oxygen atoms in total. The van der Waals surface area contributed by atoms with Gasteiger partial charge in [-0.15, -0.1) is 0 Å². The Morgan fingerprint density at radius 2 is 1.81 bits per heavy atom. The molecular weight excluding hydrogens is 400 g/mol. The molecule has 0 aromatic heterocycles. The van der Waals surface area contributed by atoms with Gasteiger partial charge in [0, 0.05) is 10.0 Å². The SMILES string of the molecule is CCOc1cc(CO)cc(Br)c1OCc1ccccc1Br. The van der Waals surface area contributed by atoms with Crippen molar-refractivity contribution >= 4 is 31.9 Å². The molecular formula is C16H16Br2O3. The number of aliphatic hydroxyl groups excluding tert-OH is 1. The number of hydrogen-bond acceptors (Lipinski definition) is 3. The third-order valence-corrected chi connectivity index (χ3v) is 4.24. The van der Waals surface area contributed by atoms with E-state index in [1.807, 2.05) is 37.3 Å². The molecule has 21 heavy (non-hydrogen) atoms. The average Bonchev–Trinajstić information content (AvgIpc) is 2.48. The molecule has 5 heteroatoms. The molecule has 0 aliphatic heterocycles. The van der Waals surface area contributed by atoms with Gasteiger partial charge in [0.15, 0.2) is 11.5 Å². The smallest absolute Gasteiger partial charge is 0.175 e. The molecule has 0 radical (unpaired) electrons. The lowest BCUT2D eigenvalue weighted by atomic mass is 10.2. The van der Waals surface area contributed by atoms with Crippen molar-refractivity contribution in [2.75, 3.05) is 6.61 Å². The maximum absolute atomic E-state index is 9.27. The first kappa shape index (κ1) is 16.3. The summed E-state index contributed by atoms with van der Waals surface area (Å²) >= 11 is 6.98. The number of aliphatic hydroxyl groups is 1. The van der Waals surface area contributed by atoms with Crippen LogP contribution >= 0.6 is 31.9 Å². The molecule has 0 spiro atoms. The molecule has 0 amide bonds. The zero-order chi connectivity index (χ0) is 15.2. The zero-order valence-corrected chi connectivity index (χ0v) is 14.8. The molecule has 0 saturated heterocycles. The van der Waals surface area contributed by atoms with Crippen molar-refractivity contribution in [3.05, 3.63) is 56.5 Å². The predicted molar refractivity (Wildman–Crippen MR) is 89.7 cm³/mol. The Morgan fingerprint density at radius 3 is 2.48 bits per heavy atom. The van der Waals surface area contributed by atoms with Gasteiger partial charge < -0.3 is 14.6 Å². The van der Waals surface area contributed by atoms with Crippen LogP contribution in [0.5, 0.6) is 11.5 Å². The van der Waals surface area contributed by atoms with Gasteiger partial charge in [-0.2, -0.15) is 0 Å². The molecule has 0 saturated carbocycles. The van der Waals surface area contributed by atoms with Crippen LogP contribution in [0.3, 0.4) is 0 Å². The van der Waals surface area contributed by atoms with Crippen molar-refractivity contribution in [1.29, 1.82) is 0 Å². The molecule has 0 aliphatic carbocycles. The van der Waals surface area contributed by atoms with Crippen LogP contribution < -0.4 is 9.47 Å². The van der Waals surface area contributed by atoms with Crippen LogP contribution in [0.4, 0.5) is 0 Å². The minimum Gasteiger partial charge on any atom is -0.490 e. The topological polar surface area (TPSA) is 38.7 Å².